The highest BCUT2D eigenvalue weighted by atomic mass is 32.1. The molecule has 7 nitrogen and oxygen atoms in total. The zero-order chi connectivity index (χ0) is 20.7. The molecule has 4 rings (SSSR count). The van der Waals surface area contributed by atoms with E-state index in [0.29, 0.717) is 28.2 Å². The second-order valence-corrected chi connectivity index (χ2v) is 7.89. The van der Waals surface area contributed by atoms with Crippen LogP contribution in [0.1, 0.15) is 46.0 Å². The molecule has 1 aromatic carbocycles. The van der Waals surface area contributed by atoms with Crippen molar-refractivity contribution in [2.24, 2.45) is 0 Å². The van der Waals surface area contributed by atoms with Crippen molar-refractivity contribution < 1.29 is 19.4 Å². The summed E-state index contributed by atoms with van der Waals surface area (Å²) in [6, 6.07) is 3.91. The first-order valence-electron chi connectivity index (χ1n) is 9.28. The van der Waals surface area contributed by atoms with Gasteiger partial charge in [-0.25, -0.2) is 9.78 Å². The summed E-state index contributed by atoms with van der Waals surface area (Å²) in [5, 5.41) is 9.61. The predicted octanol–water partition coefficient (Wildman–Crippen LogP) is 3.88. The van der Waals surface area contributed by atoms with Crippen molar-refractivity contribution in [1.29, 1.82) is 0 Å². The largest absolute Gasteiger partial charge is 0.493 e. The molecule has 2 aromatic heterocycles. The van der Waals surface area contributed by atoms with Gasteiger partial charge in [0.05, 0.1) is 12.0 Å². The van der Waals surface area contributed by atoms with Crippen LogP contribution in [0.4, 0.5) is 0 Å². The van der Waals surface area contributed by atoms with E-state index in [9.17, 15) is 14.7 Å². The first-order valence-corrected chi connectivity index (χ1v) is 10.1. The molecule has 1 atom stereocenters. The van der Waals surface area contributed by atoms with Crippen molar-refractivity contribution in [1.82, 2.24) is 9.97 Å². The second kappa shape index (κ2) is 7.36. The maximum Gasteiger partial charge on any atom is 0.346 e. The lowest BCUT2D eigenvalue weighted by Gasteiger charge is -2.10. The summed E-state index contributed by atoms with van der Waals surface area (Å²) in [6.07, 6.45) is 4.46. The van der Waals surface area contributed by atoms with Gasteiger partial charge in [-0.2, -0.15) is 0 Å². The van der Waals surface area contributed by atoms with E-state index >= 15 is 0 Å². The normalized spacial score (nSPS) is 15.6. The fraction of sp³-hybridized carbons (Fsp3) is 0.286. The van der Waals surface area contributed by atoms with Crippen molar-refractivity contribution in [3.8, 4) is 11.5 Å². The number of thiophene rings is 1. The minimum atomic E-state index is -1.06. The molecular formula is C21H20N2O5S. The molecule has 150 valence electrons. The number of H-pyrrole nitrogens is 1. The Balaban J connectivity index is 1.74. The molecule has 3 aromatic rings. The zero-order valence-electron chi connectivity index (χ0n) is 16.2. The monoisotopic (exact) mass is 412 g/mol. The van der Waals surface area contributed by atoms with Crippen LogP contribution in [0.2, 0.25) is 0 Å². The number of hydrogen-bond acceptors (Lipinski definition) is 6. The number of carbonyl (C=O) groups is 1. The van der Waals surface area contributed by atoms with Gasteiger partial charge in [0.2, 0.25) is 0 Å². The summed E-state index contributed by atoms with van der Waals surface area (Å²) < 4.78 is 11.6. The number of aromatic amines is 1. The first-order chi connectivity index (χ1) is 13.9. The molecule has 1 aliphatic rings. The van der Waals surface area contributed by atoms with Crippen LogP contribution in [0.25, 0.3) is 22.4 Å². The summed E-state index contributed by atoms with van der Waals surface area (Å²) in [5.41, 5.74) is 2.01. The highest BCUT2D eigenvalue weighted by Crippen LogP contribution is 2.36. The molecule has 8 heteroatoms. The summed E-state index contributed by atoms with van der Waals surface area (Å²) in [6.45, 7) is 6.10. The van der Waals surface area contributed by atoms with Gasteiger partial charge in [-0.3, -0.25) is 4.79 Å². The van der Waals surface area contributed by atoms with Crippen molar-refractivity contribution in [3.63, 3.8) is 0 Å². The Hall–Kier alpha value is -3.13. The van der Waals surface area contributed by atoms with E-state index in [0.717, 1.165) is 40.4 Å². The van der Waals surface area contributed by atoms with Gasteiger partial charge < -0.3 is 19.6 Å². The molecule has 0 saturated heterocycles. The number of hydrogen-bond donors (Lipinski definition) is 2. The number of carboxylic acid groups (broad SMARTS) is 1. The minimum absolute atomic E-state index is 0.127. The van der Waals surface area contributed by atoms with E-state index in [-0.39, 0.29) is 16.5 Å². The SMILES string of the molecule is CCOc1cc2c(cc1/C=C/c1nc3sc(C(=O)O)c(C)c3c(=O)[nH]1)O[C@H](C)C2. The Morgan fingerprint density at radius 2 is 2.24 bits per heavy atom. The van der Waals surface area contributed by atoms with Crippen LogP contribution in [0.3, 0.4) is 0 Å². The molecule has 1 aliphatic heterocycles. The molecule has 0 fully saturated rings. The van der Waals surface area contributed by atoms with Crippen molar-refractivity contribution in [2.45, 2.75) is 33.3 Å². The van der Waals surface area contributed by atoms with Gasteiger partial charge in [-0.1, -0.05) is 0 Å². The predicted molar refractivity (Wildman–Crippen MR) is 112 cm³/mol. The van der Waals surface area contributed by atoms with Crippen LogP contribution in [0.15, 0.2) is 16.9 Å². The van der Waals surface area contributed by atoms with Gasteiger partial charge in [0, 0.05) is 17.5 Å². The van der Waals surface area contributed by atoms with Crippen LogP contribution in [-0.2, 0) is 6.42 Å². The number of rotatable bonds is 5. The summed E-state index contributed by atoms with van der Waals surface area (Å²) in [7, 11) is 0. The lowest BCUT2D eigenvalue weighted by molar-refractivity contribution is 0.0701. The number of aromatic carboxylic acids is 1. The van der Waals surface area contributed by atoms with E-state index in [4.69, 9.17) is 9.47 Å². The molecule has 0 aliphatic carbocycles. The Bertz CT molecular complexity index is 1210. The minimum Gasteiger partial charge on any atom is -0.493 e. The maximum atomic E-state index is 12.5. The summed E-state index contributed by atoms with van der Waals surface area (Å²) in [5.74, 6) is 0.856. The maximum absolute atomic E-state index is 12.5. The first kappa shape index (κ1) is 19.2. The highest BCUT2D eigenvalue weighted by molar-refractivity contribution is 7.20. The number of benzene rings is 1. The average molecular weight is 412 g/mol. The van der Waals surface area contributed by atoms with Gasteiger partial charge in [0.25, 0.3) is 5.56 Å². The lowest BCUT2D eigenvalue weighted by atomic mass is 10.1. The fourth-order valence-electron chi connectivity index (χ4n) is 3.48. The van der Waals surface area contributed by atoms with Gasteiger partial charge in [-0.15, -0.1) is 11.3 Å². The smallest absolute Gasteiger partial charge is 0.346 e. The summed E-state index contributed by atoms with van der Waals surface area (Å²) in [4.78, 5) is 31.5. The summed E-state index contributed by atoms with van der Waals surface area (Å²) >= 11 is 1.00. The molecule has 29 heavy (non-hydrogen) atoms. The lowest BCUT2D eigenvalue weighted by Crippen LogP contribution is -2.09. The Morgan fingerprint density at radius 1 is 1.45 bits per heavy atom. The van der Waals surface area contributed by atoms with Crippen LogP contribution in [0.5, 0.6) is 11.5 Å². The molecular weight excluding hydrogens is 392 g/mol. The molecule has 0 bridgehead atoms. The van der Waals surface area contributed by atoms with Crippen molar-refractivity contribution >= 4 is 39.7 Å². The van der Waals surface area contributed by atoms with Crippen LogP contribution in [-0.4, -0.2) is 33.8 Å². The van der Waals surface area contributed by atoms with E-state index < -0.39 is 5.97 Å². The van der Waals surface area contributed by atoms with Gasteiger partial charge >= 0.3 is 5.97 Å². The average Bonchev–Trinajstić information content (AvgIpc) is 3.19. The van der Waals surface area contributed by atoms with E-state index in [2.05, 4.69) is 9.97 Å². The third-order valence-electron chi connectivity index (χ3n) is 4.76. The number of nitrogens with one attached hydrogen (secondary N) is 1. The molecule has 0 unspecified atom stereocenters. The van der Waals surface area contributed by atoms with Crippen molar-refractivity contribution in [3.05, 3.63) is 49.9 Å². The topological polar surface area (TPSA) is 102 Å². The number of fused-ring (bicyclic) bond motifs is 2. The third kappa shape index (κ3) is 3.51. The molecule has 2 N–H and O–H groups in total. The van der Waals surface area contributed by atoms with Gasteiger partial charge in [-0.05, 0) is 50.6 Å². The number of ether oxygens (including phenoxy) is 2. The van der Waals surface area contributed by atoms with E-state index in [1.165, 1.54) is 0 Å². The molecule has 0 amide bonds. The number of nitrogens with zero attached hydrogens (tertiary/aromatic N) is 1. The Labute approximate surface area is 170 Å². The van der Waals surface area contributed by atoms with Crippen LogP contribution < -0.4 is 15.0 Å². The Morgan fingerprint density at radius 3 is 2.97 bits per heavy atom. The molecule has 0 spiro atoms. The number of aryl methyl sites for hydroxylation is 1. The van der Waals surface area contributed by atoms with Crippen molar-refractivity contribution in [2.75, 3.05) is 6.61 Å². The number of carboxylic acids is 1. The fourth-order valence-corrected chi connectivity index (χ4v) is 4.51. The highest BCUT2D eigenvalue weighted by Gasteiger charge is 2.21. The second-order valence-electron chi connectivity index (χ2n) is 6.89. The Kier molecular flexibility index (Phi) is 4.87. The zero-order valence-corrected chi connectivity index (χ0v) is 17.1. The van der Waals surface area contributed by atoms with E-state index in [1.807, 2.05) is 26.0 Å². The molecule has 3 heterocycles. The molecule has 0 saturated carbocycles. The van der Waals surface area contributed by atoms with E-state index in [1.54, 1.807) is 19.1 Å². The van der Waals surface area contributed by atoms with Gasteiger partial charge in [0.15, 0.2) is 0 Å². The third-order valence-corrected chi connectivity index (χ3v) is 5.94. The van der Waals surface area contributed by atoms with Crippen LogP contribution in [0, 0.1) is 6.92 Å². The quantitative estimate of drug-likeness (QED) is 0.659. The van der Waals surface area contributed by atoms with Gasteiger partial charge in [0.1, 0.15) is 33.1 Å². The molecule has 0 radical (unpaired) electrons. The standard InChI is InChI=1S/C21H20N2O5S/c1-4-27-14-9-13-7-10(2)28-15(13)8-12(14)5-6-16-22-19(24)17-11(3)18(21(25)26)29-20(17)23-16/h5-6,8-10H,4,7H2,1-3H3,(H,25,26)(H,22,23,24)/b6-5+/t10-/m1/s1. The van der Waals surface area contributed by atoms with Crippen LogP contribution >= 0.6 is 11.3 Å². The number of aromatic nitrogens is 2.